The molecule has 0 spiro atoms. The van der Waals surface area contributed by atoms with Gasteiger partial charge in [-0.3, -0.25) is 4.98 Å². The molecule has 0 atom stereocenters. The quantitative estimate of drug-likeness (QED) is 0.909. The summed E-state index contributed by atoms with van der Waals surface area (Å²) in [5.74, 6) is 0.644. The molecule has 5 heteroatoms. The molecule has 0 saturated heterocycles. The van der Waals surface area contributed by atoms with Crippen molar-refractivity contribution in [1.29, 1.82) is 0 Å². The second-order valence-electron chi connectivity index (χ2n) is 5.43. The van der Waals surface area contributed by atoms with E-state index in [-0.39, 0.29) is 0 Å². The lowest BCUT2D eigenvalue weighted by Crippen LogP contribution is -2.19. The van der Waals surface area contributed by atoms with E-state index in [0.717, 1.165) is 40.3 Å². The van der Waals surface area contributed by atoms with Crippen molar-refractivity contribution in [3.8, 4) is 5.69 Å². The lowest BCUT2D eigenvalue weighted by atomic mass is 10.2. The normalized spacial score (nSPS) is 11.3. The van der Waals surface area contributed by atoms with E-state index in [2.05, 4.69) is 58.2 Å². The Bertz CT molecular complexity index is 590. The molecule has 0 aliphatic rings. The van der Waals surface area contributed by atoms with E-state index < -0.39 is 0 Å². The molecule has 2 heterocycles. The molecule has 20 heavy (non-hydrogen) atoms. The Labute approximate surface area is 128 Å². The van der Waals surface area contributed by atoms with Gasteiger partial charge in [-0.15, -0.1) is 0 Å². The molecular formula is C15H21BrN4. The Morgan fingerprint density at radius 1 is 1.35 bits per heavy atom. The van der Waals surface area contributed by atoms with E-state index in [1.54, 1.807) is 0 Å². The summed E-state index contributed by atoms with van der Waals surface area (Å²) in [6.45, 7) is 10.2. The molecule has 4 nitrogen and oxygen atoms in total. The maximum atomic E-state index is 4.55. The number of aryl methyl sites for hydroxylation is 1. The van der Waals surface area contributed by atoms with Gasteiger partial charge in [0.2, 0.25) is 0 Å². The van der Waals surface area contributed by atoms with Crippen molar-refractivity contribution >= 4 is 15.9 Å². The summed E-state index contributed by atoms with van der Waals surface area (Å²) in [6.07, 6.45) is 1.84. The highest BCUT2D eigenvalue weighted by molar-refractivity contribution is 9.10. The van der Waals surface area contributed by atoms with Gasteiger partial charge in [0.1, 0.15) is 0 Å². The maximum absolute atomic E-state index is 4.55. The van der Waals surface area contributed by atoms with Crippen LogP contribution in [0.4, 0.5) is 0 Å². The van der Waals surface area contributed by atoms with Crippen molar-refractivity contribution in [2.24, 2.45) is 5.92 Å². The topological polar surface area (TPSA) is 42.7 Å². The summed E-state index contributed by atoms with van der Waals surface area (Å²) < 4.78 is 3.02. The second kappa shape index (κ2) is 6.50. The molecule has 2 aromatic rings. The van der Waals surface area contributed by atoms with E-state index in [1.165, 1.54) is 0 Å². The van der Waals surface area contributed by atoms with Crippen molar-refractivity contribution in [1.82, 2.24) is 20.1 Å². The Kier molecular flexibility index (Phi) is 4.94. The second-order valence-corrected chi connectivity index (χ2v) is 6.22. The summed E-state index contributed by atoms with van der Waals surface area (Å²) in [5.41, 5.74) is 4.19. The van der Waals surface area contributed by atoms with Gasteiger partial charge in [0.05, 0.1) is 27.2 Å². The number of pyridine rings is 1. The Balaban J connectivity index is 2.19. The zero-order valence-electron chi connectivity index (χ0n) is 12.4. The minimum Gasteiger partial charge on any atom is -0.311 e. The summed E-state index contributed by atoms with van der Waals surface area (Å²) in [4.78, 5) is 4.41. The first-order chi connectivity index (χ1) is 9.49. The van der Waals surface area contributed by atoms with Crippen LogP contribution in [0, 0.1) is 19.8 Å². The van der Waals surface area contributed by atoms with Gasteiger partial charge in [0.15, 0.2) is 0 Å². The SMILES string of the molecule is Cc1nn(-c2ccnc(CNCC(C)C)c2)c(C)c1Br. The predicted molar refractivity (Wildman–Crippen MR) is 85.1 cm³/mol. The average Bonchev–Trinajstić information content (AvgIpc) is 2.66. The molecule has 0 saturated carbocycles. The van der Waals surface area contributed by atoms with Gasteiger partial charge in [-0.05, 0) is 54.4 Å². The van der Waals surface area contributed by atoms with Crippen LogP contribution in [0.2, 0.25) is 0 Å². The van der Waals surface area contributed by atoms with Gasteiger partial charge in [0, 0.05) is 12.7 Å². The number of hydrogen-bond donors (Lipinski definition) is 1. The van der Waals surface area contributed by atoms with E-state index in [4.69, 9.17) is 0 Å². The van der Waals surface area contributed by atoms with Crippen molar-refractivity contribution in [3.05, 3.63) is 39.9 Å². The molecular weight excluding hydrogens is 316 g/mol. The van der Waals surface area contributed by atoms with Crippen molar-refractivity contribution in [2.75, 3.05) is 6.54 Å². The largest absolute Gasteiger partial charge is 0.311 e. The minimum absolute atomic E-state index is 0.644. The third kappa shape index (κ3) is 3.46. The summed E-state index contributed by atoms with van der Waals surface area (Å²) >= 11 is 3.56. The molecule has 0 unspecified atom stereocenters. The average molecular weight is 337 g/mol. The first-order valence-electron chi connectivity index (χ1n) is 6.86. The maximum Gasteiger partial charge on any atom is 0.0743 e. The fraction of sp³-hybridized carbons (Fsp3) is 0.467. The van der Waals surface area contributed by atoms with Crippen LogP contribution in [-0.2, 0) is 6.54 Å². The third-order valence-electron chi connectivity index (χ3n) is 3.11. The molecule has 0 aromatic carbocycles. The van der Waals surface area contributed by atoms with Crippen molar-refractivity contribution in [2.45, 2.75) is 34.2 Å². The Morgan fingerprint density at radius 3 is 2.70 bits per heavy atom. The number of hydrogen-bond acceptors (Lipinski definition) is 3. The van der Waals surface area contributed by atoms with Crippen LogP contribution in [0.3, 0.4) is 0 Å². The van der Waals surface area contributed by atoms with E-state index in [1.807, 2.05) is 23.9 Å². The highest BCUT2D eigenvalue weighted by atomic mass is 79.9. The zero-order chi connectivity index (χ0) is 14.7. The van der Waals surface area contributed by atoms with Crippen LogP contribution in [0.5, 0.6) is 0 Å². The monoisotopic (exact) mass is 336 g/mol. The highest BCUT2D eigenvalue weighted by Gasteiger charge is 2.10. The van der Waals surface area contributed by atoms with Gasteiger partial charge in [0.25, 0.3) is 0 Å². The summed E-state index contributed by atoms with van der Waals surface area (Å²) in [6, 6.07) is 4.07. The molecule has 0 aliphatic carbocycles. The van der Waals surface area contributed by atoms with Gasteiger partial charge >= 0.3 is 0 Å². The molecule has 2 rings (SSSR count). The van der Waals surface area contributed by atoms with Crippen LogP contribution < -0.4 is 5.32 Å². The lowest BCUT2D eigenvalue weighted by Gasteiger charge is -2.09. The molecule has 108 valence electrons. The van der Waals surface area contributed by atoms with Crippen LogP contribution in [0.15, 0.2) is 22.8 Å². The third-order valence-corrected chi connectivity index (χ3v) is 4.25. The fourth-order valence-corrected chi connectivity index (χ4v) is 2.31. The molecule has 1 N–H and O–H groups in total. The van der Waals surface area contributed by atoms with E-state index >= 15 is 0 Å². The molecule has 0 amide bonds. The summed E-state index contributed by atoms with van der Waals surface area (Å²) in [7, 11) is 0. The first-order valence-corrected chi connectivity index (χ1v) is 7.66. The van der Waals surface area contributed by atoms with Gasteiger partial charge in [-0.1, -0.05) is 13.8 Å². The Hall–Kier alpha value is -1.20. The van der Waals surface area contributed by atoms with Crippen LogP contribution >= 0.6 is 15.9 Å². The van der Waals surface area contributed by atoms with Crippen LogP contribution in [-0.4, -0.2) is 21.3 Å². The number of nitrogens with one attached hydrogen (secondary N) is 1. The first kappa shape index (κ1) is 15.2. The van der Waals surface area contributed by atoms with Crippen LogP contribution in [0.25, 0.3) is 5.69 Å². The fourth-order valence-electron chi connectivity index (χ4n) is 2.06. The van der Waals surface area contributed by atoms with E-state index in [0.29, 0.717) is 5.92 Å². The van der Waals surface area contributed by atoms with Crippen LogP contribution in [0.1, 0.15) is 30.9 Å². The highest BCUT2D eigenvalue weighted by Crippen LogP contribution is 2.22. The van der Waals surface area contributed by atoms with E-state index in [9.17, 15) is 0 Å². The van der Waals surface area contributed by atoms with Gasteiger partial charge < -0.3 is 5.32 Å². The lowest BCUT2D eigenvalue weighted by molar-refractivity contribution is 0.548. The molecule has 0 fully saturated rings. The number of halogens is 1. The van der Waals surface area contributed by atoms with Gasteiger partial charge in [-0.25, -0.2) is 4.68 Å². The Morgan fingerprint density at radius 2 is 2.10 bits per heavy atom. The summed E-state index contributed by atoms with van der Waals surface area (Å²) in [5, 5.41) is 7.96. The zero-order valence-corrected chi connectivity index (χ0v) is 14.0. The van der Waals surface area contributed by atoms with Gasteiger partial charge in [-0.2, -0.15) is 5.10 Å². The standard InChI is InChI=1S/C15H21BrN4/c1-10(2)8-17-9-13-7-14(5-6-18-13)20-12(4)15(16)11(3)19-20/h5-7,10,17H,8-9H2,1-4H3. The number of aromatic nitrogens is 3. The molecule has 0 bridgehead atoms. The molecule has 0 radical (unpaired) electrons. The van der Waals surface area contributed by atoms with Crippen molar-refractivity contribution in [3.63, 3.8) is 0 Å². The molecule has 2 aromatic heterocycles. The number of rotatable bonds is 5. The smallest absolute Gasteiger partial charge is 0.0743 e. The molecule has 0 aliphatic heterocycles. The predicted octanol–water partition coefficient (Wildman–Crippen LogP) is 3.39. The number of nitrogens with zero attached hydrogens (tertiary/aromatic N) is 3. The van der Waals surface area contributed by atoms with Crippen molar-refractivity contribution < 1.29 is 0 Å². The minimum atomic E-state index is 0.644.